The van der Waals surface area contributed by atoms with Crippen molar-refractivity contribution in [3.63, 3.8) is 0 Å². The molecule has 0 radical (unpaired) electrons. The van der Waals surface area contributed by atoms with Crippen LogP contribution < -0.4 is 0 Å². The zero-order chi connectivity index (χ0) is 22.7. The number of hydrogen-bond donors (Lipinski definition) is 5. The van der Waals surface area contributed by atoms with Crippen molar-refractivity contribution >= 4 is 63.1 Å². The maximum atomic E-state index is 4.13. The van der Waals surface area contributed by atoms with Crippen LogP contribution >= 0.6 is 63.1 Å². The lowest BCUT2D eigenvalue weighted by molar-refractivity contribution is 0.495. The van der Waals surface area contributed by atoms with Gasteiger partial charge >= 0.3 is 0 Å². The van der Waals surface area contributed by atoms with Crippen molar-refractivity contribution in [2.75, 3.05) is 28.8 Å². The number of unbranched alkanes of at least 4 members (excludes halogenated alkanes) is 1. The number of hydrogen-bond acceptors (Lipinski definition) is 5. The molecule has 0 saturated heterocycles. The Balaban J connectivity index is -0.0000000376. The van der Waals surface area contributed by atoms with Crippen LogP contribution in [0.5, 0.6) is 0 Å². The van der Waals surface area contributed by atoms with E-state index in [9.17, 15) is 0 Å². The first kappa shape index (κ1) is 46.8. The summed E-state index contributed by atoms with van der Waals surface area (Å²) in [5, 5.41) is 0. The molecule has 0 aromatic carbocycles. The highest BCUT2D eigenvalue weighted by Crippen LogP contribution is 2.17. The lowest BCUT2D eigenvalue weighted by atomic mass is 10.0. The molecule has 0 unspecified atom stereocenters. The van der Waals surface area contributed by atoms with E-state index >= 15 is 0 Å². The molecule has 0 aromatic heterocycles. The second-order valence-electron chi connectivity index (χ2n) is 6.68. The van der Waals surface area contributed by atoms with Gasteiger partial charge in [-0.25, -0.2) is 0 Å². The van der Waals surface area contributed by atoms with E-state index in [4.69, 9.17) is 0 Å². The average molecular weight is 483 g/mol. The van der Waals surface area contributed by atoms with Gasteiger partial charge in [0.05, 0.1) is 0 Å². The first-order valence-corrected chi connectivity index (χ1v) is 13.3. The van der Waals surface area contributed by atoms with Gasteiger partial charge in [-0.15, -0.1) is 0 Å². The summed E-state index contributed by atoms with van der Waals surface area (Å²) in [6.07, 6.45) is 3.82. The lowest BCUT2D eigenvalue weighted by Crippen LogP contribution is -2.14. The molecule has 0 saturated carbocycles. The first-order valence-electron chi connectivity index (χ1n) is 10.1. The molecule has 0 aliphatic carbocycles. The summed E-state index contributed by atoms with van der Waals surface area (Å²) in [5.41, 5.74) is 0.623. The van der Waals surface area contributed by atoms with E-state index in [0.717, 1.165) is 28.8 Å². The van der Waals surface area contributed by atoms with Crippen molar-refractivity contribution in [1.82, 2.24) is 0 Å². The molecule has 0 amide bonds. The monoisotopic (exact) mass is 482 g/mol. The zero-order valence-electron chi connectivity index (χ0n) is 19.9. The third kappa shape index (κ3) is 74.2. The SMILES string of the molecule is C.CC.CC.CC(C)(CS)CS.CC(C)(CS)CS.CCCC.CCCS. The van der Waals surface area contributed by atoms with Gasteiger partial charge in [0, 0.05) is 0 Å². The summed E-state index contributed by atoms with van der Waals surface area (Å²) >= 11 is 20.4. The van der Waals surface area contributed by atoms with E-state index in [1.54, 1.807) is 0 Å². The predicted molar refractivity (Wildman–Crippen MR) is 157 cm³/mol. The van der Waals surface area contributed by atoms with Crippen LogP contribution in [0.25, 0.3) is 0 Å². The normalized spacial score (nSPS) is 8.89. The van der Waals surface area contributed by atoms with Crippen molar-refractivity contribution in [2.24, 2.45) is 10.8 Å². The minimum absolute atomic E-state index is 0. The number of thiol groups is 5. The summed E-state index contributed by atoms with van der Waals surface area (Å²) in [5.74, 6) is 4.67. The van der Waals surface area contributed by atoms with E-state index in [2.05, 4.69) is 112 Å². The second kappa shape index (κ2) is 42.0. The highest BCUT2D eigenvalue weighted by molar-refractivity contribution is 7.81. The highest BCUT2D eigenvalue weighted by atomic mass is 32.1. The van der Waals surface area contributed by atoms with E-state index < -0.39 is 0 Å². The molecule has 0 rings (SSSR count). The van der Waals surface area contributed by atoms with Crippen molar-refractivity contribution in [3.05, 3.63) is 0 Å². The van der Waals surface area contributed by atoms with Crippen molar-refractivity contribution in [1.29, 1.82) is 0 Å². The summed E-state index contributed by atoms with van der Waals surface area (Å²) in [7, 11) is 0. The topological polar surface area (TPSA) is 0 Å². The Morgan fingerprint density at radius 1 is 0.481 bits per heavy atom. The molecule has 27 heavy (non-hydrogen) atoms. The third-order valence-electron chi connectivity index (χ3n) is 2.44. The molecule has 0 aliphatic heterocycles. The molecule has 176 valence electrons. The number of rotatable bonds is 6. The standard InChI is InChI=1S/2C5H12S2.C4H10.C3H8S.2C2H6.CH4/c2*1-5(2,3-6)4-7;1-3-4-2;1-2-3-4;2*1-2;/h2*6-7H,3-4H2,1-2H3;3-4H2,1-2H3;4H,2-3H2,1H3;2*1-2H3;1H4. The smallest absolute Gasteiger partial charge is 0.00386 e. The van der Waals surface area contributed by atoms with Gasteiger partial charge in [-0.3, -0.25) is 0 Å². The molecule has 0 aromatic rings. The summed E-state index contributed by atoms with van der Waals surface area (Å²) in [6.45, 7) is 23.0. The maximum Gasteiger partial charge on any atom is -0.00386 e. The predicted octanol–water partition coefficient (Wildman–Crippen LogP) is 9.57. The van der Waals surface area contributed by atoms with Crippen molar-refractivity contribution < 1.29 is 0 Å². The molecule has 0 N–H and O–H groups in total. The zero-order valence-corrected chi connectivity index (χ0v) is 24.4. The van der Waals surface area contributed by atoms with Crippen LogP contribution in [0.3, 0.4) is 0 Å². The van der Waals surface area contributed by atoms with E-state index in [-0.39, 0.29) is 7.43 Å². The maximum absolute atomic E-state index is 4.13. The summed E-state index contributed by atoms with van der Waals surface area (Å²) in [4.78, 5) is 0. The Morgan fingerprint density at radius 2 is 0.630 bits per heavy atom. The molecule has 0 bridgehead atoms. The van der Waals surface area contributed by atoms with Gasteiger partial charge in [-0.05, 0) is 46.0 Å². The minimum Gasteiger partial charge on any atom is -0.179 e. The van der Waals surface area contributed by atoms with Gasteiger partial charge in [-0.2, -0.15) is 63.1 Å². The fraction of sp³-hybridized carbons (Fsp3) is 1.00. The Labute approximate surface area is 204 Å². The molecule has 0 nitrogen and oxygen atoms in total. The molecular weight excluding hydrogens is 425 g/mol. The second-order valence-corrected chi connectivity index (χ2v) is 8.40. The van der Waals surface area contributed by atoms with Gasteiger partial charge in [0.2, 0.25) is 0 Å². The van der Waals surface area contributed by atoms with Crippen molar-refractivity contribution in [2.45, 2.75) is 103 Å². The van der Waals surface area contributed by atoms with Crippen LogP contribution in [0, 0.1) is 10.8 Å². The average Bonchev–Trinajstić information content (AvgIpc) is 2.71. The van der Waals surface area contributed by atoms with Crippen LogP contribution in [0.4, 0.5) is 0 Å². The Hall–Kier alpha value is 1.75. The Morgan fingerprint density at radius 3 is 0.630 bits per heavy atom. The molecule has 0 heterocycles. The fourth-order valence-electron chi connectivity index (χ4n) is 0.1000. The van der Waals surface area contributed by atoms with E-state index in [0.29, 0.717) is 10.8 Å². The largest absolute Gasteiger partial charge is 0.179 e. The van der Waals surface area contributed by atoms with Crippen LogP contribution in [0.2, 0.25) is 0 Å². The molecule has 0 atom stereocenters. The molecule has 5 heteroatoms. The molecule has 0 aliphatic rings. The third-order valence-corrected chi connectivity index (χ3v) is 6.31. The quantitative estimate of drug-likeness (QED) is 0.229. The fourth-order valence-corrected chi connectivity index (χ4v) is 0.900. The van der Waals surface area contributed by atoms with Crippen LogP contribution in [-0.4, -0.2) is 28.8 Å². The van der Waals surface area contributed by atoms with Crippen LogP contribution in [0.1, 0.15) is 103 Å². The van der Waals surface area contributed by atoms with Gasteiger partial charge in [-0.1, -0.05) is 96.4 Å². The van der Waals surface area contributed by atoms with Crippen LogP contribution in [-0.2, 0) is 0 Å². The highest BCUT2D eigenvalue weighted by Gasteiger charge is 2.11. The first-order chi connectivity index (χ1) is 12.1. The minimum atomic E-state index is 0. The van der Waals surface area contributed by atoms with E-state index in [1.165, 1.54) is 19.3 Å². The molecular formula is C22H58S5. The molecule has 0 fully saturated rings. The molecule has 0 spiro atoms. The van der Waals surface area contributed by atoms with Gasteiger partial charge in [0.25, 0.3) is 0 Å². The van der Waals surface area contributed by atoms with E-state index in [1.807, 2.05) is 27.7 Å². The Bertz CT molecular complexity index is 148. The van der Waals surface area contributed by atoms with Gasteiger partial charge < -0.3 is 0 Å². The summed E-state index contributed by atoms with van der Waals surface area (Å²) < 4.78 is 0. The van der Waals surface area contributed by atoms with Crippen LogP contribution in [0.15, 0.2) is 0 Å². The Kier molecular flexibility index (Phi) is 72.8. The van der Waals surface area contributed by atoms with Gasteiger partial charge in [0.15, 0.2) is 0 Å². The lowest BCUT2D eigenvalue weighted by Gasteiger charge is -2.17. The van der Waals surface area contributed by atoms with Crippen molar-refractivity contribution in [3.8, 4) is 0 Å². The summed E-state index contributed by atoms with van der Waals surface area (Å²) in [6, 6.07) is 0. The van der Waals surface area contributed by atoms with Gasteiger partial charge in [0.1, 0.15) is 0 Å².